The summed E-state index contributed by atoms with van der Waals surface area (Å²) in [6, 6.07) is 12.8. The minimum Gasteiger partial charge on any atom is -0.481 e. The molecule has 0 unspecified atom stereocenters. The Bertz CT molecular complexity index is 1210. The Balaban J connectivity index is 1.93. The molecule has 1 aromatic heterocycles. The first-order valence-corrected chi connectivity index (χ1v) is 11.3. The van der Waals surface area contributed by atoms with Crippen LogP contribution in [0, 0.1) is 11.2 Å². The van der Waals surface area contributed by atoms with Crippen molar-refractivity contribution in [3.05, 3.63) is 76.7 Å². The van der Waals surface area contributed by atoms with Crippen molar-refractivity contribution in [3.8, 4) is 11.6 Å². The molecule has 0 spiro atoms. The number of aromatic nitrogens is 2. The summed E-state index contributed by atoms with van der Waals surface area (Å²) in [7, 11) is 0. The number of amides is 1. The molecule has 0 radical (unpaired) electrons. The number of carboxylic acids is 1. The van der Waals surface area contributed by atoms with Gasteiger partial charge in [-0.3, -0.25) is 9.59 Å². The van der Waals surface area contributed by atoms with E-state index in [2.05, 4.69) is 10.4 Å². The number of aliphatic hydroxyl groups excluding tert-OH is 1. The number of nitrogens with one attached hydrogen (secondary N) is 1. The monoisotopic (exact) mass is 503 g/mol. The van der Waals surface area contributed by atoms with Crippen molar-refractivity contribution in [3.63, 3.8) is 0 Å². The summed E-state index contributed by atoms with van der Waals surface area (Å²) in [5, 5.41) is 26.9. The number of hydrogen-bond donors (Lipinski definition) is 3. The summed E-state index contributed by atoms with van der Waals surface area (Å²) < 4.78 is 21.4. The number of carbonyl (C=O) groups excluding carboxylic acids is 1. The lowest BCUT2D eigenvalue weighted by molar-refractivity contribution is -0.137. The van der Waals surface area contributed by atoms with Crippen molar-refractivity contribution < 1.29 is 28.9 Å². The van der Waals surface area contributed by atoms with E-state index >= 15 is 0 Å². The molecule has 35 heavy (non-hydrogen) atoms. The van der Waals surface area contributed by atoms with E-state index in [1.165, 1.54) is 24.3 Å². The predicted octanol–water partition coefficient (Wildman–Crippen LogP) is 4.40. The van der Waals surface area contributed by atoms with Crippen LogP contribution in [0.2, 0.25) is 5.02 Å². The molecule has 0 saturated carbocycles. The maximum Gasteiger partial charge on any atom is 0.305 e. The molecule has 8 nitrogen and oxygen atoms in total. The Morgan fingerprint density at radius 3 is 2.51 bits per heavy atom. The smallest absolute Gasteiger partial charge is 0.305 e. The van der Waals surface area contributed by atoms with Gasteiger partial charge in [-0.05, 0) is 35.2 Å². The normalized spacial score (nSPS) is 13.2. The quantitative estimate of drug-likeness (QED) is 0.399. The fourth-order valence-electron chi connectivity index (χ4n) is 3.17. The van der Waals surface area contributed by atoms with Crippen LogP contribution in [0.1, 0.15) is 49.3 Å². The standard InChI is InChI=1S/C25H27ClFN3O5/c1-25(2,3)21(31)14-35-22-12-19(29-30(22)20-10-5-4-9-17(20)27)24(34)28-18(13-23(32)33)15-7-6-8-16(26)11-15/h4-12,18,21,31H,13-14H2,1-3H3,(H,28,34)(H,32,33)/t18-,21+/m0/s1. The Hall–Kier alpha value is -3.43. The van der Waals surface area contributed by atoms with E-state index < -0.39 is 35.3 Å². The summed E-state index contributed by atoms with van der Waals surface area (Å²) in [4.78, 5) is 24.5. The van der Waals surface area contributed by atoms with Gasteiger partial charge in [-0.25, -0.2) is 4.39 Å². The van der Waals surface area contributed by atoms with Crippen molar-refractivity contribution >= 4 is 23.5 Å². The van der Waals surface area contributed by atoms with Crippen molar-refractivity contribution in [2.24, 2.45) is 5.41 Å². The molecule has 10 heteroatoms. The SMILES string of the molecule is CC(C)(C)[C@H](O)COc1cc(C(=O)N[C@@H](CC(=O)O)c2cccc(Cl)c2)nn1-c1ccccc1F. The molecule has 3 N–H and O–H groups in total. The summed E-state index contributed by atoms with van der Waals surface area (Å²) in [5.41, 5.74) is -0.0365. The van der Waals surface area contributed by atoms with Crippen LogP contribution in [0.25, 0.3) is 5.69 Å². The van der Waals surface area contributed by atoms with Crippen LogP contribution in [0.5, 0.6) is 5.88 Å². The van der Waals surface area contributed by atoms with E-state index in [0.29, 0.717) is 10.6 Å². The number of rotatable bonds is 9. The molecular weight excluding hydrogens is 477 g/mol. The molecule has 3 aromatic rings. The van der Waals surface area contributed by atoms with E-state index in [9.17, 15) is 24.2 Å². The van der Waals surface area contributed by atoms with Crippen molar-refractivity contribution in [1.82, 2.24) is 15.1 Å². The molecule has 0 saturated heterocycles. The fourth-order valence-corrected chi connectivity index (χ4v) is 3.37. The van der Waals surface area contributed by atoms with Gasteiger partial charge in [0.05, 0.1) is 18.6 Å². The number of aliphatic carboxylic acids is 1. The highest BCUT2D eigenvalue weighted by Crippen LogP contribution is 2.26. The molecule has 1 heterocycles. The number of carbonyl (C=O) groups is 2. The summed E-state index contributed by atoms with van der Waals surface area (Å²) in [6.45, 7) is 5.40. The lowest BCUT2D eigenvalue weighted by Crippen LogP contribution is -2.32. The summed E-state index contributed by atoms with van der Waals surface area (Å²) in [5.74, 6) is -2.35. The lowest BCUT2D eigenvalue weighted by Gasteiger charge is -2.25. The van der Waals surface area contributed by atoms with E-state index in [-0.39, 0.29) is 30.3 Å². The van der Waals surface area contributed by atoms with Crippen LogP contribution < -0.4 is 10.1 Å². The number of nitrogens with zero attached hydrogens (tertiary/aromatic N) is 2. The number of halogens is 2. The Morgan fingerprint density at radius 1 is 1.17 bits per heavy atom. The first-order valence-electron chi connectivity index (χ1n) is 10.9. The molecule has 0 aliphatic carbocycles. The zero-order valence-electron chi connectivity index (χ0n) is 19.5. The van der Waals surface area contributed by atoms with E-state index in [1.807, 2.05) is 20.8 Å². The average Bonchev–Trinajstić information content (AvgIpc) is 3.20. The Morgan fingerprint density at radius 2 is 1.89 bits per heavy atom. The van der Waals surface area contributed by atoms with Gasteiger partial charge in [-0.2, -0.15) is 9.78 Å². The van der Waals surface area contributed by atoms with E-state index in [1.54, 1.807) is 30.3 Å². The average molecular weight is 504 g/mol. The molecule has 0 aliphatic rings. The van der Waals surface area contributed by atoms with Gasteiger partial charge < -0.3 is 20.3 Å². The van der Waals surface area contributed by atoms with Gasteiger partial charge in [0.2, 0.25) is 5.88 Å². The largest absolute Gasteiger partial charge is 0.481 e. The molecule has 0 aliphatic heterocycles. The first kappa shape index (κ1) is 26.2. The Kier molecular flexibility index (Phi) is 8.14. The molecule has 1 amide bonds. The predicted molar refractivity (Wildman–Crippen MR) is 128 cm³/mol. The highest BCUT2D eigenvalue weighted by atomic mass is 35.5. The number of aliphatic hydroxyl groups is 1. The topological polar surface area (TPSA) is 114 Å². The molecule has 3 rings (SSSR count). The maximum atomic E-state index is 14.5. The third-order valence-corrected chi connectivity index (χ3v) is 5.55. The zero-order chi connectivity index (χ0) is 25.8. The number of para-hydroxylation sites is 1. The summed E-state index contributed by atoms with van der Waals surface area (Å²) in [6.07, 6.45) is -1.23. The van der Waals surface area contributed by atoms with Crippen molar-refractivity contribution in [1.29, 1.82) is 0 Å². The van der Waals surface area contributed by atoms with Gasteiger partial charge in [0.1, 0.15) is 18.1 Å². The van der Waals surface area contributed by atoms with Gasteiger partial charge in [-0.15, -0.1) is 0 Å². The number of ether oxygens (including phenoxy) is 1. The van der Waals surface area contributed by atoms with Gasteiger partial charge >= 0.3 is 5.97 Å². The fraction of sp³-hybridized carbons (Fsp3) is 0.320. The van der Waals surface area contributed by atoms with Gasteiger partial charge in [0.15, 0.2) is 5.69 Å². The highest BCUT2D eigenvalue weighted by Gasteiger charge is 2.26. The molecule has 0 bridgehead atoms. The van der Waals surface area contributed by atoms with Crippen molar-refractivity contribution in [2.45, 2.75) is 39.3 Å². The lowest BCUT2D eigenvalue weighted by atomic mass is 9.90. The van der Waals surface area contributed by atoms with Crippen LogP contribution in [-0.4, -0.2) is 44.6 Å². The number of benzene rings is 2. The van der Waals surface area contributed by atoms with Crippen LogP contribution in [0.4, 0.5) is 4.39 Å². The summed E-state index contributed by atoms with van der Waals surface area (Å²) >= 11 is 6.03. The van der Waals surface area contributed by atoms with Crippen LogP contribution >= 0.6 is 11.6 Å². The Labute approximate surface area is 207 Å². The number of carboxylic acid groups (broad SMARTS) is 1. The number of hydrogen-bond acceptors (Lipinski definition) is 5. The first-order chi connectivity index (χ1) is 16.5. The van der Waals surface area contributed by atoms with Crippen LogP contribution in [-0.2, 0) is 4.79 Å². The minimum atomic E-state index is -1.12. The van der Waals surface area contributed by atoms with Crippen molar-refractivity contribution in [2.75, 3.05) is 6.61 Å². The molecular formula is C25H27ClFN3O5. The minimum absolute atomic E-state index is 0.0427. The second-order valence-corrected chi connectivity index (χ2v) is 9.54. The highest BCUT2D eigenvalue weighted by molar-refractivity contribution is 6.30. The third-order valence-electron chi connectivity index (χ3n) is 5.31. The molecule has 186 valence electrons. The molecule has 2 aromatic carbocycles. The van der Waals surface area contributed by atoms with Gasteiger partial charge in [0, 0.05) is 11.1 Å². The zero-order valence-corrected chi connectivity index (χ0v) is 20.3. The van der Waals surface area contributed by atoms with Gasteiger partial charge in [-0.1, -0.05) is 56.6 Å². The van der Waals surface area contributed by atoms with Gasteiger partial charge in [0.25, 0.3) is 5.91 Å². The van der Waals surface area contributed by atoms with E-state index in [4.69, 9.17) is 16.3 Å². The second kappa shape index (κ2) is 10.9. The third kappa shape index (κ3) is 6.80. The maximum absolute atomic E-state index is 14.5. The van der Waals surface area contributed by atoms with E-state index in [0.717, 1.165) is 4.68 Å². The second-order valence-electron chi connectivity index (χ2n) is 9.10. The molecule has 2 atom stereocenters. The van der Waals surface area contributed by atoms with Crippen LogP contribution in [0.15, 0.2) is 54.6 Å². The molecule has 0 fully saturated rings. The van der Waals surface area contributed by atoms with Crippen LogP contribution in [0.3, 0.4) is 0 Å².